The Morgan fingerprint density at radius 1 is 1.20 bits per heavy atom. The lowest BCUT2D eigenvalue weighted by atomic mass is 9.91. The van der Waals surface area contributed by atoms with Crippen LogP contribution in [0.25, 0.3) is 0 Å². The minimum atomic E-state index is -0.331. The number of nitrogens with one attached hydrogen (secondary N) is 1. The van der Waals surface area contributed by atoms with Gasteiger partial charge in [-0.3, -0.25) is 4.90 Å². The molecule has 0 aromatic heterocycles. The number of fused-ring (bicyclic) bond motifs is 1. The maximum absolute atomic E-state index is 11.4. The molecule has 1 aliphatic carbocycles. The summed E-state index contributed by atoms with van der Waals surface area (Å²) in [6.45, 7) is 3.08. The predicted molar refractivity (Wildman–Crippen MR) is 102 cm³/mol. The molecule has 1 atom stereocenters. The third kappa shape index (κ3) is 3.39. The minimum absolute atomic E-state index is 0.0753. The van der Waals surface area contributed by atoms with Gasteiger partial charge in [-0.15, -0.1) is 0 Å². The van der Waals surface area contributed by atoms with E-state index in [4.69, 9.17) is 23.2 Å². The van der Waals surface area contributed by atoms with Crippen LogP contribution in [0.1, 0.15) is 36.3 Å². The molecule has 0 saturated carbocycles. The monoisotopic (exact) mass is 375 g/mol. The van der Waals surface area contributed by atoms with E-state index in [2.05, 4.69) is 15.2 Å². The summed E-state index contributed by atoms with van der Waals surface area (Å²) in [5.74, 6) is -0.0753. The van der Waals surface area contributed by atoms with Gasteiger partial charge < -0.3 is 5.32 Å². The van der Waals surface area contributed by atoms with Crippen molar-refractivity contribution >= 4 is 34.9 Å². The molecule has 6 heteroatoms. The summed E-state index contributed by atoms with van der Waals surface area (Å²) in [6, 6.07) is 3.61. The van der Waals surface area contributed by atoms with Gasteiger partial charge in [-0.2, -0.15) is 4.99 Å². The fourth-order valence-corrected chi connectivity index (χ4v) is 4.32. The molecule has 1 N–H and O–H groups in total. The van der Waals surface area contributed by atoms with E-state index in [-0.39, 0.29) is 11.9 Å². The Kier molecular flexibility index (Phi) is 4.67. The van der Waals surface area contributed by atoms with E-state index in [9.17, 15) is 4.79 Å². The van der Waals surface area contributed by atoms with E-state index in [0.717, 1.165) is 36.5 Å². The number of carbonyl (C=O) groups excluding carboxylic acids is 1. The number of nitrogens with zero attached hydrogens (tertiary/aromatic N) is 2. The van der Waals surface area contributed by atoms with E-state index < -0.39 is 0 Å². The molecule has 3 aliphatic rings. The molecule has 2 heterocycles. The molecule has 1 aromatic rings. The van der Waals surface area contributed by atoms with Crippen molar-refractivity contribution in [1.29, 1.82) is 0 Å². The average Bonchev–Trinajstić information content (AvgIpc) is 2.98. The number of allylic oxidation sites excluding steroid dienone is 3. The van der Waals surface area contributed by atoms with Crippen LogP contribution in [0.15, 0.2) is 41.1 Å². The van der Waals surface area contributed by atoms with E-state index in [1.54, 1.807) is 0 Å². The van der Waals surface area contributed by atoms with Crippen LogP contribution in [0.5, 0.6) is 0 Å². The molecule has 0 radical (unpaired) electrons. The first-order valence-electron chi connectivity index (χ1n) is 8.61. The van der Waals surface area contributed by atoms with Crippen LogP contribution in [-0.2, 0) is 6.54 Å². The Morgan fingerprint density at radius 2 is 2.00 bits per heavy atom. The van der Waals surface area contributed by atoms with Gasteiger partial charge in [0, 0.05) is 23.0 Å². The first-order valence-corrected chi connectivity index (χ1v) is 9.36. The number of rotatable bonds is 3. The number of hydrogen-bond acceptors (Lipinski definition) is 2. The van der Waals surface area contributed by atoms with Crippen molar-refractivity contribution in [2.75, 3.05) is 13.1 Å². The zero-order chi connectivity index (χ0) is 17.4. The standard InChI is InChI=1S/C19H19Cl2N3O/c20-14-6-4-13(11-24-8-2-1-3-9-24)18(21)17(14)12-5-7-15-16(10-12)23-19(25)22-15/h4-7,10,12H,1-3,8-9,11H2,(H,23,25). The van der Waals surface area contributed by atoms with Crippen molar-refractivity contribution in [3.05, 3.63) is 57.2 Å². The van der Waals surface area contributed by atoms with Gasteiger partial charge in [-0.05, 0) is 49.7 Å². The van der Waals surface area contributed by atoms with Gasteiger partial charge in [-0.25, -0.2) is 4.79 Å². The number of aliphatic imine (C=N–C) groups is 1. The number of amides is 2. The van der Waals surface area contributed by atoms with E-state index in [1.807, 2.05) is 30.4 Å². The molecule has 4 nitrogen and oxygen atoms in total. The third-order valence-electron chi connectivity index (χ3n) is 4.93. The van der Waals surface area contributed by atoms with Crippen molar-refractivity contribution in [3.8, 4) is 0 Å². The van der Waals surface area contributed by atoms with Crippen LogP contribution < -0.4 is 5.32 Å². The molecule has 1 aromatic carbocycles. The molecule has 1 unspecified atom stereocenters. The summed E-state index contributed by atoms with van der Waals surface area (Å²) in [6.07, 6.45) is 9.60. The number of piperidine rings is 1. The molecule has 1 saturated heterocycles. The highest BCUT2D eigenvalue weighted by atomic mass is 35.5. The SMILES string of the molecule is O=C1N=C2C=CC(c3c(Cl)ccc(CN4CCCCC4)c3Cl)C=C2N1. The quantitative estimate of drug-likeness (QED) is 0.833. The lowest BCUT2D eigenvalue weighted by molar-refractivity contribution is 0.221. The lowest BCUT2D eigenvalue weighted by Gasteiger charge is -2.27. The Morgan fingerprint density at radius 3 is 2.80 bits per heavy atom. The second kappa shape index (κ2) is 6.94. The van der Waals surface area contributed by atoms with Crippen molar-refractivity contribution in [2.45, 2.75) is 31.7 Å². The smallest absolute Gasteiger partial charge is 0.304 e. The normalized spacial score (nSPS) is 23.1. The molecule has 130 valence electrons. The summed E-state index contributed by atoms with van der Waals surface area (Å²) in [7, 11) is 0. The first-order chi connectivity index (χ1) is 12.1. The molecule has 0 bridgehead atoms. The van der Waals surface area contributed by atoms with Crippen LogP contribution in [0.2, 0.25) is 10.0 Å². The van der Waals surface area contributed by atoms with Crippen LogP contribution in [0, 0.1) is 0 Å². The summed E-state index contributed by atoms with van der Waals surface area (Å²) < 4.78 is 0. The molecule has 0 spiro atoms. The Balaban J connectivity index is 1.63. The van der Waals surface area contributed by atoms with Gasteiger partial charge in [0.05, 0.1) is 16.4 Å². The van der Waals surface area contributed by atoms with E-state index >= 15 is 0 Å². The van der Waals surface area contributed by atoms with Gasteiger partial charge in [-0.1, -0.05) is 41.8 Å². The zero-order valence-electron chi connectivity index (χ0n) is 13.8. The Bertz CT molecular complexity index is 807. The fraction of sp³-hybridized carbons (Fsp3) is 0.368. The van der Waals surface area contributed by atoms with Crippen LogP contribution >= 0.6 is 23.2 Å². The number of urea groups is 1. The van der Waals surface area contributed by atoms with Crippen LogP contribution in [0.4, 0.5) is 4.79 Å². The second-order valence-electron chi connectivity index (χ2n) is 6.66. The van der Waals surface area contributed by atoms with Crippen LogP contribution in [0.3, 0.4) is 0 Å². The van der Waals surface area contributed by atoms with Crippen LogP contribution in [-0.4, -0.2) is 29.7 Å². The van der Waals surface area contributed by atoms with Crippen molar-refractivity contribution in [1.82, 2.24) is 10.2 Å². The number of hydrogen-bond donors (Lipinski definition) is 1. The number of benzene rings is 1. The summed E-state index contributed by atoms with van der Waals surface area (Å²) in [5, 5.41) is 4.11. The van der Waals surface area contributed by atoms with Crippen molar-refractivity contribution in [2.24, 2.45) is 4.99 Å². The molecular formula is C19H19Cl2N3O. The molecule has 2 aliphatic heterocycles. The molecule has 25 heavy (non-hydrogen) atoms. The average molecular weight is 376 g/mol. The fourth-order valence-electron chi connectivity index (χ4n) is 3.64. The summed E-state index contributed by atoms with van der Waals surface area (Å²) in [5.41, 5.74) is 3.38. The maximum atomic E-state index is 11.4. The molecule has 4 rings (SSSR count). The van der Waals surface area contributed by atoms with Gasteiger partial charge in [0.1, 0.15) is 0 Å². The van der Waals surface area contributed by atoms with Gasteiger partial charge in [0.2, 0.25) is 0 Å². The van der Waals surface area contributed by atoms with E-state index in [0.29, 0.717) is 15.8 Å². The third-order valence-corrected chi connectivity index (χ3v) is 5.71. The minimum Gasteiger partial charge on any atom is -0.304 e. The van der Waals surface area contributed by atoms with E-state index in [1.165, 1.54) is 19.3 Å². The van der Waals surface area contributed by atoms with Gasteiger partial charge >= 0.3 is 6.03 Å². The topological polar surface area (TPSA) is 44.7 Å². The number of likely N-dealkylation sites (tertiary alicyclic amines) is 1. The first kappa shape index (κ1) is 16.8. The van der Waals surface area contributed by atoms with Gasteiger partial charge in [0.25, 0.3) is 0 Å². The Labute approximate surface area is 157 Å². The Hall–Kier alpha value is -1.62. The number of halogens is 2. The second-order valence-corrected chi connectivity index (χ2v) is 7.45. The zero-order valence-corrected chi connectivity index (χ0v) is 15.3. The summed E-state index contributed by atoms with van der Waals surface area (Å²) >= 11 is 13.2. The lowest BCUT2D eigenvalue weighted by Crippen LogP contribution is -2.29. The van der Waals surface area contributed by atoms with Crippen molar-refractivity contribution < 1.29 is 4.79 Å². The largest absolute Gasteiger partial charge is 0.346 e. The molecule has 1 fully saturated rings. The highest BCUT2D eigenvalue weighted by Gasteiger charge is 2.26. The molecular weight excluding hydrogens is 357 g/mol. The molecule has 2 amide bonds. The highest BCUT2D eigenvalue weighted by Crippen LogP contribution is 2.38. The van der Waals surface area contributed by atoms with Gasteiger partial charge in [0.15, 0.2) is 0 Å². The maximum Gasteiger partial charge on any atom is 0.346 e. The predicted octanol–water partition coefficient (Wildman–Crippen LogP) is 4.68. The summed E-state index contributed by atoms with van der Waals surface area (Å²) in [4.78, 5) is 17.8. The highest BCUT2D eigenvalue weighted by molar-refractivity contribution is 6.36. The number of carbonyl (C=O) groups is 1. The van der Waals surface area contributed by atoms with Crippen molar-refractivity contribution in [3.63, 3.8) is 0 Å².